The molecule has 2 aromatic rings. The van der Waals surface area contributed by atoms with Gasteiger partial charge in [-0.1, -0.05) is 30.3 Å². The van der Waals surface area contributed by atoms with Gasteiger partial charge in [-0.05, 0) is 22.7 Å². The number of ether oxygens (including phenoxy) is 1. The SMILES string of the molecule is O=C(Oc1ccc([N+](=O)[O-])cc1)N(Cc1ccccc1)[N+](=O)[O-]. The second-order valence-electron chi connectivity index (χ2n) is 4.40. The van der Waals surface area contributed by atoms with Gasteiger partial charge in [0.25, 0.3) is 5.69 Å². The van der Waals surface area contributed by atoms with Gasteiger partial charge in [0, 0.05) is 12.1 Å². The summed E-state index contributed by atoms with van der Waals surface area (Å²) in [5, 5.41) is 21.0. The summed E-state index contributed by atoms with van der Waals surface area (Å²) in [6, 6.07) is 13.0. The normalized spacial score (nSPS) is 9.91. The van der Waals surface area contributed by atoms with Crippen LogP contribution in [-0.2, 0) is 6.54 Å². The summed E-state index contributed by atoms with van der Waals surface area (Å²) in [7, 11) is 0. The lowest BCUT2D eigenvalue weighted by molar-refractivity contribution is -0.638. The van der Waals surface area contributed by atoms with E-state index < -0.39 is 16.0 Å². The topological polar surface area (TPSA) is 116 Å². The molecule has 0 saturated heterocycles. The molecule has 9 nitrogen and oxygen atoms in total. The maximum absolute atomic E-state index is 11.9. The number of nitro groups is 2. The van der Waals surface area contributed by atoms with E-state index >= 15 is 0 Å². The molecule has 9 heteroatoms. The summed E-state index contributed by atoms with van der Waals surface area (Å²) >= 11 is 0. The van der Waals surface area contributed by atoms with E-state index in [1.807, 2.05) is 0 Å². The van der Waals surface area contributed by atoms with Crippen LogP contribution in [0.1, 0.15) is 5.56 Å². The summed E-state index contributed by atoms with van der Waals surface area (Å²) in [6.45, 7) is -0.264. The first kappa shape index (κ1) is 15.9. The lowest BCUT2D eigenvalue weighted by atomic mass is 10.2. The molecule has 0 unspecified atom stereocenters. The van der Waals surface area contributed by atoms with Gasteiger partial charge in [-0.2, -0.15) is 0 Å². The first-order valence-corrected chi connectivity index (χ1v) is 6.39. The average Bonchev–Trinajstić information content (AvgIpc) is 2.53. The minimum Gasteiger partial charge on any atom is -0.407 e. The van der Waals surface area contributed by atoms with E-state index in [1.54, 1.807) is 30.3 Å². The van der Waals surface area contributed by atoms with Gasteiger partial charge < -0.3 is 4.74 Å². The second kappa shape index (κ2) is 6.98. The fourth-order valence-corrected chi connectivity index (χ4v) is 1.73. The Morgan fingerprint density at radius 2 is 1.61 bits per heavy atom. The van der Waals surface area contributed by atoms with E-state index in [0.29, 0.717) is 10.6 Å². The van der Waals surface area contributed by atoms with Crippen molar-refractivity contribution in [1.82, 2.24) is 5.01 Å². The number of non-ortho nitro benzene ring substituents is 1. The minimum absolute atomic E-state index is 0.0273. The monoisotopic (exact) mass is 317 g/mol. The number of nitrogens with zero attached hydrogens (tertiary/aromatic N) is 3. The van der Waals surface area contributed by atoms with Crippen molar-refractivity contribution in [3.05, 3.63) is 80.4 Å². The first-order valence-electron chi connectivity index (χ1n) is 6.39. The zero-order valence-electron chi connectivity index (χ0n) is 11.7. The van der Waals surface area contributed by atoms with Crippen LogP contribution in [0.5, 0.6) is 5.75 Å². The summed E-state index contributed by atoms with van der Waals surface area (Å²) in [4.78, 5) is 32.9. The maximum atomic E-state index is 11.9. The van der Waals surface area contributed by atoms with Crippen LogP contribution < -0.4 is 4.74 Å². The number of rotatable bonds is 5. The zero-order chi connectivity index (χ0) is 16.8. The number of hydrogen-bond acceptors (Lipinski definition) is 6. The fourth-order valence-electron chi connectivity index (χ4n) is 1.73. The van der Waals surface area contributed by atoms with E-state index in [4.69, 9.17) is 4.74 Å². The Morgan fingerprint density at radius 3 is 2.13 bits per heavy atom. The van der Waals surface area contributed by atoms with Gasteiger partial charge in [0.15, 0.2) is 5.03 Å². The minimum atomic E-state index is -1.19. The fraction of sp³-hybridized carbons (Fsp3) is 0.0714. The van der Waals surface area contributed by atoms with E-state index in [0.717, 1.165) is 12.1 Å². The summed E-state index contributed by atoms with van der Waals surface area (Å²) in [5.74, 6) is -0.0273. The Labute approximate surface area is 130 Å². The van der Waals surface area contributed by atoms with Crippen LogP contribution in [0.15, 0.2) is 54.6 Å². The molecule has 23 heavy (non-hydrogen) atoms. The van der Waals surface area contributed by atoms with Crippen molar-refractivity contribution >= 4 is 11.8 Å². The predicted octanol–water partition coefficient (Wildman–Crippen LogP) is 2.79. The van der Waals surface area contributed by atoms with E-state index in [-0.39, 0.29) is 18.0 Å². The average molecular weight is 317 g/mol. The molecule has 0 aliphatic rings. The van der Waals surface area contributed by atoms with Crippen molar-refractivity contribution in [3.8, 4) is 5.75 Å². The van der Waals surface area contributed by atoms with Crippen molar-refractivity contribution in [3.63, 3.8) is 0 Å². The van der Waals surface area contributed by atoms with Gasteiger partial charge >= 0.3 is 6.09 Å². The van der Waals surface area contributed by atoms with E-state index in [2.05, 4.69) is 0 Å². The zero-order valence-corrected chi connectivity index (χ0v) is 11.7. The molecular formula is C14H11N3O6. The molecule has 0 spiro atoms. The van der Waals surface area contributed by atoms with Crippen molar-refractivity contribution < 1.29 is 19.5 Å². The molecule has 0 N–H and O–H groups in total. The van der Waals surface area contributed by atoms with Crippen molar-refractivity contribution in [2.24, 2.45) is 0 Å². The van der Waals surface area contributed by atoms with Crippen LogP contribution in [0.3, 0.4) is 0 Å². The number of hydrazine groups is 1. The Morgan fingerprint density at radius 1 is 1.00 bits per heavy atom. The van der Waals surface area contributed by atoms with Gasteiger partial charge in [0.2, 0.25) is 0 Å². The van der Waals surface area contributed by atoms with Crippen LogP contribution in [0.2, 0.25) is 0 Å². The molecule has 0 aromatic heterocycles. The quantitative estimate of drug-likeness (QED) is 0.618. The highest BCUT2D eigenvalue weighted by atomic mass is 16.7. The molecule has 0 saturated carbocycles. The number of amides is 1. The number of benzene rings is 2. The maximum Gasteiger partial charge on any atom is 0.473 e. The van der Waals surface area contributed by atoms with Gasteiger partial charge in [0.05, 0.1) is 4.92 Å². The summed E-state index contributed by atoms with van der Waals surface area (Å²) < 4.78 is 4.87. The highest BCUT2D eigenvalue weighted by Gasteiger charge is 2.27. The third kappa shape index (κ3) is 4.24. The van der Waals surface area contributed by atoms with Crippen LogP contribution in [0.25, 0.3) is 0 Å². The Bertz CT molecular complexity index is 717. The van der Waals surface area contributed by atoms with Crippen molar-refractivity contribution in [2.45, 2.75) is 6.54 Å². The highest BCUT2D eigenvalue weighted by molar-refractivity contribution is 5.69. The molecule has 0 radical (unpaired) electrons. The van der Waals surface area contributed by atoms with E-state index in [1.165, 1.54) is 12.1 Å². The smallest absolute Gasteiger partial charge is 0.407 e. The summed E-state index contributed by atoms with van der Waals surface area (Å²) in [6.07, 6.45) is -1.19. The molecule has 2 rings (SSSR count). The third-order valence-electron chi connectivity index (χ3n) is 2.84. The standard InChI is InChI=1S/C14H11N3O6/c18-14(23-13-8-6-12(7-9-13)16(19)20)15(17(21)22)10-11-4-2-1-3-5-11/h1-9H,10H2. The molecule has 1 amide bonds. The largest absolute Gasteiger partial charge is 0.473 e. The van der Waals surface area contributed by atoms with Gasteiger partial charge in [-0.3, -0.25) is 10.1 Å². The molecule has 0 heterocycles. The van der Waals surface area contributed by atoms with Crippen LogP contribution in [0.4, 0.5) is 10.5 Å². The predicted molar refractivity (Wildman–Crippen MR) is 78.1 cm³/mol. The van der Waals surface area contributed by atoms with Crippen molar-refractivity contribution in [2.75, 3.05) is 0 Å². The Hall–Kier alpha value is -3.49. The molecule has 0 aliphatic carbocycles. The molecule has 0 bridgehead atoms. The first-order chi connectivity index (χ1) is 11.0. The molecule has 118 valence electrons. The third-order valence-corrected chi connectivity index (χ3v) is 2.84. The number of hydrogen-bond donors (Lipinski definition) is 0. The lowest BCUT2D eigenvalue weighted by Gasteiger charge is -2.12. The Balaban J connectivity index is 2.09. The number of nitro benzene ring substituents is 1. The van der Waals surface area contributed by atoms with E-state index in [9.17, 15) is 25.0 Å². The molecule has 0 atom stereocenters. The van der Waals surface area contributed by atoms with Crippen LogP contribution in [0, 0.1) is 20.2 Å². The molecular weight excluding hydrogens is 306 g/mol. The highest BCUT2D eigenvalue weighted by Crippen LogP contribution is 2.18. The molecule has 0 fully saturated rings. The lowest BCUT2D eigenvalue weighted by Crippen LogP contribution is -2.37. The van der Waals surface area contributed by atoms with Crippen LogP contribution >= 0.6 is 0 Å². The van der Waals surface area contributed by atoms with Gasteiger partial charge in [0.1, 0.15) is 12.3 Å². The van der Waals surface area contributed by atoms with Crippen LogP contribution in [-0.4, -0.2) is 21.1 Å². The van der Waals surface area contributed by atoms with Gasteiger partial charge in [-0.15, -0.1) is 0 Å². The Kier molecular flexibility index (Phi) is 4.82. The number of carbonyl (C=O) groups excluding carboxylic acids is 1. The molecule has 0 aliphatic heterocycles. The summed E-state index contributed by atoms with van der Waals surface area (Å²) in [5.41, 5.74) is 0.380. The number of carbonyl (C=O) groups is 1. The molecule has 2 aromatic carbocycles. The van der Waals surface area contributed by atoms with Gasteiger partial charge in [-0.25, -0.2) is 14.9 Å². The second-order valence-corrected chi connectivity index (χ2v) is 4.40. The van der Waals surface area contributed by atoms with Crippen molar-refractivity contribution in [1.29, 1.82) is 0 Å².